The van der Waals surface area contributed by atoms with Gasteiger partial charge in [0.2, 0.25) is 0 Å². The lowest BCUT2D eigenvalue weighted by Gasteiger charge is -2.12. The number of aromatic nitrogens is 1. The molecule has 0 spiro atoms. The first-order valence-corrected chi connectivity index (χ1v) is 6.63. The van der Waals surface area contributed by atoms with Crippen LogP contribution in [0.4, 0.5) is 5.82 Å². The fourth-order valence-corrected chi connectivity index (χ4v) is 2.75. The SMILES string of the molecule is Clc1ccc2c(c1)CC(Nc1cccc(Cl)n1)C2. The topological polar surface area (TPSA) is 24.9 Å². The number of anilines is 1. The van der Waals surface area contributed by atoms with Crippen molar-refractivity contribution in [2.24, 2.45) is 0 Å². The molecule has 4 heteroatoms. The number of halogens is 2. The first-order chi connectivity index (χ1) is 8.70. The summed E-state index contributed by atoms with van der Waals surface area (Å²) >= 11 is 11.9. The third-order valence-electron chi connectivity index (χ3n) is 3.17. The van der Waals surface area contributed by atoms with Gasteiger partial charge < -0.3 is 5.32 Å². The molecule has 1 aromatic carbocycles. The number of hydrogen-bond donors (Lipinski definition) is 1. The second kappa shape index (κ2) is 4.79. The van der Waals surface area contributed by atoms with E-state index in [4.69, 9.17) is 23.2 Å². The average molecular weight is 279 g/mol. The van der Waals surface area contributed by atoms with Gasteiger partial charge in [-0.2, -0.15) is 0 Å². The van der Waals surface area contributed by atoms with Crippen molar-refractivity contribution in [3.8, 4) is 0 Å². The van der Waals surface area contributed by atoms with E-state index >= 15 is 0 Å². The summed E-state index contributed by atoms with van der Waals surface area (Å²) in [4.78, 5) is 4.25. The third kappa shape index (κ3) is 2.45. The molecule has 1 aliphatic rings. The maximum Gasteiger partial charge on any atom is 0.131 e. The van der Waals surface area contributed by atoms with Crippen molar-refractivity contribution < 1.29 is 0 Å². The molecule has 0 bridgehead atoms. The highest BCUT2D eigenvalue weighted by molar-refractivity contribution is 6.30. The number of hydrogen-bond acceptors (Lipinski definition) is 2. The Kier molecular flexibility index (Phi) is 3.14. The first-order valence-electron chi connectivity index (χ1n) is 5.87. The van der Waals surface area contributed by atoms with Gasteiger partial charge in [0.15, 0.2) is 0 Å². The van der Waals surface area contributed by atoms with E-state index in [1.165, 1.54) is 11.1 Å². The van der Waals surface area contributed by atoms with E-state index in [1.54, 1.807) is 6.07 Å². The van der Waals surface area contributed by atoms with Crippen LogP contribution < -0.4 is 5.32 Å². The molecular weight excluding hydrogens is 267 g/mol. The van der Waals surface area contributed by atoms with Crippen molar-refractivity contribution in [3.63, 3.8) is 0 Å². The highest BCUT2D eigenvalue weighted by Crippen LogP contribution is 2.27. The molecule has 92 valence electrons. The van der Waals surface area contributed by atoms with Crippen molar-refractivity contribution >= 4 is 29.0 Å². The first kappa shape index (κ1) is 11.8. The quantitative estimate of drug-likeness (QED) is 0.841. The van der Waals surface area contributed by atoms with Gasteiger partial charge >= 0.3 is 0 Å². The lowest BCUT2D eigenvalue weighted by atomic mass is 10.1. The second-order valence-electron chi connectivity index (χ2n) is 4.51. The molecule has 0 saturated heterocycles. The average Bonchev–Trinajstić information content (AvgIpc) is 2.70. The van der Waals surface area contributed by atoms with Crippen LogP contribution in [0.2, 0.25) is 10.2 Å². The van der Waals surface area contributed by atoms with E-state index in [9.17, 15) is 0 Å². The van der Waals surface area contributed by atoms with Gasteiger partial charge in [0.1, 0.15) is 11.0 Å². The molecule has 2 aromatic rings. The molecule has 1 N–H and O–H groups in total. The van der Waals surface area contributed by atoms with E-state index in [0.717, 1.165) is 23.7 Å². The number of fused-ring (bicyclic) bond motifs is 1. The zero-order valence-corrected chi connectivity index (χ0v) is 11.2. The van der Waals surface area contributed by atoms with Crippen LogP contribution in [0.5, 0.6) is 0 Å². The largest absolute Gasteiger partial charge is 0.367 e. The highest BCUT2D eigenvalue weighted by atomic mass is 35.5. The molecule has 0 fully saturated rings. The minimum Gasteiger partial charge on any atom is -0.367 e. The summed E-state index contributed by atoms with van der Waals surface area (Å²) in [7, 11) is 0. The maximum atomic E-state index is 6.00. The minimum atomic E-state index is 0.365. The van der Waals surface area contributed by atoms with Gasteiger partial charge in [-0.15, -0.1) is 0 Å². The molecule has 1 unspecified atom stereocenters. The molecule has 1 atom stereocenters. The Balaban J connectivity index is 1.74. The van der Waals surface area contributed by atoms with E-state index in [1.807, 2.05) is 24.3 Å². The number of nitrogens with one attached hydrogen (secondary N) is 1. The highest BCUT2D eigenvalue weighted by Gasteiger charge is 2.21. The maximum absolute atomic E-state index is 6.00. The normalized spacial score (nSPS) is 17.6. The summed E-state index contributed by atoms with van der Waals surface area (Å²) in [6, 6.07) is 12.1. The summed E-state index contributed by atoms with van der Waals surface area (Å²) in [6.07, 6.45) is 1.98. The monoisotopic (exact) mass is 278 g/mol. The van der Waals surface area contributed by atoms with Crippen LogP contribution >= 0.6 is 23.2 Å². The molecule has 3 rings (SSSR count). The number of nitrogens with zero attached hydrogens (tertiary/aromatic N) is 1. The number of pyridine rings is 1. The Labute approximate surface area is 116 Å². The van der Waals surface area contributed by atoms with E-state index in [-0.39, 0.29) is 0 Å². The molecule has 0 radical (unpaired) electrons. The molecule has 0 amide bonds. The summed E-state index contributed by atoms with van der Waals surface area (Å²) in [5, 5.41) is 4.72. The van der Waals surface area contributed by atoms with E-state index in [2.05, 4.69) is 16.4 Å². The fourth-order valence-electron chi connectivity index (χ4n) is 2.39. The predicted octanol–water partition coefficient (Wildman–Crippen LogP) is 3.97. The summed E-state index contributed by atoms with van der Waals surface area (Å²) in [6.45, 7) is 0. The van der Waals surface area contributed by atoms with Crippen LogP contribution in [0.25, 0.3) is 0 Å². The van der Waals surface area contributed by atoms with Crippen LogP contribution in [0.3, 0.4) is 0 Å². The molecule has 0 saturated carbocycles. The fraction of sp³-hybridized carbons (Fsp3) is 0.214. The van der Waals surface area contributed by atoms with E-state index < -0.39 is 0 Å². The molecule has 1 heterocycles. The molecular formula is C14H12Cl2N2. The Morgan fingerprint density at radius 2 is 1.89 bits per heavy atom. The van der Waals surface area contributed by atoms with Gasteiger partial charge in [-0.3, -0.25) is 0 Å². The zero-order valence-electron chi connectivity index (χ0n) is 9.66. The Morgan fingerprint density at radius 1 is 1.06 bits per heavy atom. The Morgan fingerprint density at radius 3 is 2.72 bits per heavy atom. The van der Waals surface area contributed by atoms with Crippen LogP contribution in [-0.2, 0) is 12.8 Å². The number of rotatable bonds is 2. The Bertz CT molecular complexity index is 584. The van der Waals surface area contributed by atoms with Crippen LogP contribution in [0.1, 0.15) is 11.1 Å². The Hall–Kier alpha value is -1.25. The third-order valence-corrected chi connectivity index (χ3v) is 3.61. The zero-order chi connectivity index (χ0) is 12.5. The molecule has 0 aliphatic heterocycles. The molecule has 2 nitrogen and oxygen atoms in total. The smallest absolute Gasteiger partial charge is 0.131 e. The van der Waals surface area contributed by atoms with Gasteiger partial charge in [0.05, 0.1) is 0 Å². The van der Waals surface area contributed by atoms with Crippen LogP contribution in [-0.4, -0.2) is 11.0 Å². The van der Waals surface area contributed by atoms with Gasteiger partial charge in [-0.25, -0.2) is 4.98 Å². The predicted molar refractivity (Wildman–Crippen MR) is 75.5 cm³/mol. The summed E-state index contributed by atoms with van der Waals surface area (Å²) in [5.41, 5.74) is 2.68. The molecule has 18 heavy (non-hydrogen) atoms. The number of benzene rings is 1. The standard InChI is InChI=1S/C14H12Cl2N2/c15-11-5-4-9-7-12(8-10(9)6-11)17-14-3-1-2-13(16)18-14/h1-6,12H,7-8H2,(H,17,18). The van der Waals surface area contributed by atoms with Crippen LogP contribution in [0, 0.1) is 0 Å². The lowest BCUT2D eigenvalue weighted by molar-refractivity contribution is 0.769. The van der Waals surface area contributed by atoms with Crippen LogP contribution in [0.15, 0.2) is 36.4 Å². The van der Waals surface area contributed by atoms with Gasteiger partial charge in [-0.1, -0.05) is 35.3 Å². The molecule has 1 aliphatic carbocycles. The summed E-state index contributed by atoms with van der Waals surface area (Å²) < 4.78 is 0. The van der Waals surface area contributed by atoms with Crippen molar-refractivity contribution in [1.29, 1.82) is 0 Å². The molecule has 1 aromatic heterocycles. The minimum absolute atomic E-state index is 0.365. The van der Waals surface area contributed by atoms with Crippen molar-refractivity contribution in [3.05, 3.63) is 57.7 Å². The lowest BCUT2D eigenvalue weighted by Crippen LogP contribution is -2.20. The van der Waals surface area contributed by atoms with E-state index in [0.29, 0.717) is 11.2 Å². The van der Waals surface area contributed by atoms with Gasteiger partial charge in [-0.05, 0) is 48.2 Å². The summed E-state index contributed by atoms with van der Waals surface area (Å²) in [5.74, 6) is 0.825. The van der Waals surface area contributed by atoms with Crippen molar-refractivity contribution in [2.45, 2.75) is 18.9 Å². The van der Waals surface area contributed by atoms with Gasteiger partial charge in [0.25, 0.3) is 0 Å². The van der Waals surface area contributed by atoms with Gasteiger partial charge in [0, 0.05) is 11.1 Å². The second-order valence-corrected chi connectivity index (χ2v) is 5.33. The van der Waals surface area contributed by atoms with Crippen molar-refractivity contribution in [2.75, 3.05) is 5.32 Å². The van der Waals surface area contributed by atoms with Crippen molar-refractivity contribution in [1.82, 2.24) is 4.98 Å².